The second-order valence-electron chi connectivity index (χ2n) is 8.24. The summed E-state index contributed by atoms with van der Waals surface area (Å²) in [6.45, 7) is 11.9. The van der Waals surface area contributed by atoms with Crippen LogP contribution >= 0.6 is 0 Å². The topological polar surface area (TPSA) is 69.5 Å². The van der Waals surface area contributed by atoms with Crippen LogP contribution in [0, 0.1) is 11.3 Å². The van der Waals surface area contributed by atoms with E-state index in [0.29, 0.717) is 17.7 Å². The van der Waals surface area contributed by atoms with E-state index in [0.717, 1.165) is 17.8 Å². The lowest BCUT2D eigenvalue weighted by Gasteiger charge is -2.40. The van der Waals surface area contributed by atoms with Gasteiger partial charge in [0.05, 0.1) is 12.0 Å². The third-order valence-corrected chi connectivity index (χ3v) is 4.93. The van der Waals surface area contributed by atoms with Gasteiger partial charge in [0.15, 0.2) is 17.7 Å². The number of H-pyrrole nitrogens is 1. The number of hydrogen-bond acceptors (Lipinski definition) is 4. The standard InChI is InChI=1S/C21H26N2O3/c1-12(2)26-20(25)17-13(3)23-15-10-21(4,5)11-16(24)18(15)19(17)14-8-6-7-9-22-14/h6-9,12,17,19,23H,3,10-11H2,1-2,4-5H3/p+1. The summed E-state index contributed by atoms with van der Waals surface area (Å²) in [5.41, 5.74) is 2.86. The van der Waals surface area contributed by atoms with Crippen molar-refractivity contribution in [1.29, 1.82) is 0 Å². The number of carbonyl (C=O) groups is 2. The molecule has 0 fully saturated rings. The van der Waals surface area contributed by atoms with E-state index < -0.39 is 11.8 Å². The van der Waals surface area contributed by atoms with Gasteiger partial charge in [0.2, 0.25) is 0 Å². The van der Waals surface area contributed by atoms with E-state index >= 15 is 0 Å². The number of nitrogens with one attached hydrogen (secondary N) is 2. The van der Waals surface area contributed by atoms with Crippen LogP contribution in [0.15, 0.2) is 47.9 Å². The lowest BCUT2D eigenvalue weighted by molar-refractivity contribution is -0.392. The number of hydrogen-bond donors (Lipinski definition) is 1. The van der Waals surface area contributed by atoms with E-state index in [-0.39, 0.29) is 23.3 Å². The quantitative estimate of drug-likeness (QED) is 0.847. The third-order valence-electron chi connectivity index (χ3n) is 4.93. The first-order valence-electron chi connectivity index (χ1n) is 9.09. The summed E-state index contributed by atoms with van der Waals surface area (Å²) < 4.78 is 5.48. The van der Waals surface area contributed by atoms with Crippen molar-refractivity contribution in [2.45, 2.75) is 52.6 Å². The molecule has 0 amide bonds. The first kappa shape index (κ1) is 18.4. The number of ether oxygens (including phenoxy) is 1. The van der Waals surface area contributed by atoms with Crippen LogP contribution in [-0.2, 0) is 14.3 Å². The van der Waals surface area contributed by atoms with Crippen LogP contribution in [0.1, 0.15) is 52.1 Å². The SMILES string of the molecule is C=C1NC2=C(C(=O)CC(C)(C)C2)C(c2cccc[nH+]2)C1C(=O)OC(C)C. The van der Waals surface area contributed by atoms with E-state index in [4.69, 9.17) is 4.74 Å². The number of aromatic amines is 1. The molecule has 138 valence electrons. The van der Waals surface area contributed by atoms with Gasteiger partial charge >= 0.3 is 5.97 Å². The molecule has 1 aliphatic carbocycles. The van der Waals surface area contributed by atoms with Crippen molar-refractivity contribution >= 4 is 11.8 Å². The Labute approximate surface area is 154 Å². The zero-order valence-corrected chi connectivity index (χ0v) is 15.9. The third kappa shape index (κ3) is 3.43. The molecule has 5 nitrogen and oxygen atoms in total. The molecule has 2 atom stereocenters. The molecule has 2 aliphatic rings. The van der Waals surface area contributed by atoms with E-state index in [2.05, 4.69) is 30.7 Å². The Bertz CT molecular complexity index is 778. The van der Waals surface area contributed by atoms with Gasteiger partial charge in [-0.2, -0.15) is 0 Å². The van der Waals surface area contributed by atoms with Crippen LogP contribution < -0.4 is 10.3 Å². The highest BCUT2D eigenvalue weighted by molar-refractivity contribution is 6.00. The first-order valence-corrected chi connectivity index (χ1v) is 9.09. The van der Waals surface area contributed by atoms with Crippen molar-refractivity contribution < 1.29 is 19.3 Å². The fraction of sp³-hybridized carbons (Fsp3) is 0.476. The average Bonchev–Trinajstić information content (AvgIpc) is 2.52. The number of esters is 1. The second-order valence-corrected chi connectivity index (χ2v) is 8.24. The fourth-order valence-electron chi connectivity index (χ4n) is 3.97. The summed E-state index contributed by atoms with van der Waals surface area (Å²) in [5, 5.41) is 3.26. The molecule has 5 heteroatoms. The smallest absolute Gasteiger partial charge is 0.316 e. The molecular formula is C21H27N2O3+. The number of Topliss-reactive ketones (excluding diaryl/α,β-unsaturated/α-hetero) is 1. The molecule has 2 heterocycles. The van der Waals surface area contributed by atoms with Gasteiger partial charge < -0.3 is 10.1 Å². The molecule has 0 spiro atoms. The molecular weight excluding hydrogens is 328 g/mol. The first-order chi connectivity index (χ1) is 12.2. The minimum atomic E-state index is -0.639. The van der Waals surface area contributed by atoms with E-state index in [9.17, 15) is 9.59 Å². The number of ketones is 1. The molecule has 0 saturated carbocycles. The van der Waals surface area contributed by atoms with E-state index in [1.165, 1.54) is 0 Å². The van der Waals surface area contributed by atoms with Gasteiger partial charge in [-0.15, -0.1) is 0 Å². The lowest BCUT2D eigenvalue weighted by atomic mass is 9.67. The number of allylic oxidation sites excluding steroid dienone is 2. The van der Waals surface area contributed by atoms with Gasteiger partial charge in [-0.25, -0.2) is 4.98 Å². The number of carbonyl (C=O) groups excluding carboxylic acids is 2. The molecule has 0 bridgehead atoms. The predicted molar refractivity (Wildman–Crippen MR) is 97.8 cm³/mol. The predicted octanol–water partition coefficient (Wildman–Crippen LogP) is 2.91. The molecule has 0 saturated heterocycles. The van der Waals surface area contributed by atoms with Crippen LogP contribution in [0.3, 0.4) is 0 Å². The summed E-state index contributed by atoms with van der Waals surface area (Å²) in [6.07, 6.45) is 2.80. The highest BCUT2D eigenvalue weighted by atomic mass is 16.5. The van der Waals surface area contributed by atoms with Crippen molar-refractivity contribution in [3.05, 3.63) is 53.6 Å². The Morgan fingerprint density at radius 3 is 2.69 bits per heavy atom. The van der Waals surface area contributed by atoms with Crippen LogP contribution in [0.5, 0.6) is 0 Å². The maximum atomic E-state index is 13.0. The van der Waals surface area contributed by atoms with Crippen molar-refractivity contribution in [1.82, 2.24) is 5.32 Å². The largest absolute Gasteiger partial charge is 0.462 e. The van der Waals surface area contributed by atoms with Crippen molar-refractivity contribution in [3.63, 3.8) is 0 Å². The molecule has 26 heavy (non-hydrogen) atoms. The minimum absolute atomic E-state index is 0.0841. The highest BCUT2D eigenvalue weighted by Crippen LogP contribution is 2.47. The van der Waals surface area contributed by atoms with Crippen LogP contribution in [0.25, 0.3) is 0 Å². The van der Waals surface area contributed by atoms with Crippen LogP contribution in [0.4, 0.5) is 0 Å². The van der Waals surface area contributed by atoms with Crippen molar-refractivity contribution in [2.75, 3.05) is 0 Å². The molecule has 2 N–H and O–H groups in total. The fourth-order valence-corrected chi connectivity index (χ4v) is 3.97. The maximum Gasteiger partial charge on any atom is 0.316 e. The van der Waals surface area contributed by atoms with Crippen LogP contribution in [-0.4, -0.2) is 17.9 Å². The van der Waals surface area contributed by atoms with Crippen LogP contribution in [0.2, 0.25) is 0 Å². The Balaban J connectivity index is 2.13. The summed E-state index contributed by atoms with van der Waals surface area (Å²) in [7, 11) is 0. The molecule has 2 unspecified atom stereocenters. The molecule has 0 aromatic carbocycles. The van der Waals surface area contributed by atoms with E-state index in [1.807, 2.05) is 38.2 Å². The molecule has 3 rings (SSSR count). The zero-order chi connectivity index (χ0) is 19.1. The monoisotopic (exact) mass is 355 g/mol. The number of aromatic nitrogens is 1. The zero-order valence-electron chi connectivity index (χ0n) is 15.9. The van der Waals surface area contributed by atoms with E-state index in [1.54, 1.807) is 0 Å². The number of pyridine rings is 1. The highest BCUT2D eigenvalue weighted by Gasteiger charge is 2.49. The summed E-state index contributed by atoms with van der Waals surface area (Å²) in [5.74, 6) is -1.32. The Hall–Kier alpha value is -2.43. The lowest BCUT2D eigenvalue weighted by Crippen LogP contribution is -2.45. The molecule has 1 aromatic heterocycles. The van der Waals surface area contributed by atoms with Crippen molar-refractivity contribution in [2.24, 2.45) is 11.3 Å². The molecule has 1 aromatic rings. The Morgan fingerprint density at radius 2 is 2.08 bits per heavy atom. The normalized spacial score (nSPS) is 25.0. The van der Waals surface area contributed by atoms with Gasteiger partial charge in [0.25, 0.3) is 0 Å². The Kier molecular flexibility index (Phi) is 4.74. The maximum absolute atomic E-state index is 13.0. The van der Waals surface area contributed by atoms with Crippen molar-refractivity contribution in [3.8, 4) is 0 Å². The minimum Gasteiger partial charge on any atom is -0.462 e. The van der Waals surface area contributed by atoms with Gasteiger partial charge in [-0.05, 0) is 25.7 Å². The summed E-state index contributed by atoms with van der Waals surface area (Å²) in [6, 6.07) is 5.69. The Morgan fingerprint density at radius 1 is 1.35 bits per heavy atom. The number of rotatable bonds is 3. The summed E-state index contributed by atoms with van der Waals surface area (Å²) in [4.78, 5) is 29.1. The summed E-state index contributed by atoms with van der Waals surface area (Å²) >= 11 is 0. The van der Waals surface area contributed by atoms with Gasteiger partial charge in [-0.3, -0.25) is 9.59 Å². The molecule has 1 aliphatic heterocycles. The second kappa shape index (κ2) is 6.71. The van der Waals surface area contributed by atoms with Gasteiger partial charge in [-0.1, -0.05) is 26.5 Å². The molecule has 0 radical (unpaired) electrons. The average molecular weight is 355 g/mol. The van der Waals surface area contributed by atoms with Gasteiger partial charge in [0, 0.05) is 35.5 Å². The van der Waals surface area contributed by atoms with Gasteiger partial charge in [0.1, 0.15) is 5.92 Å².